The van der Waals surface area contributed by atoms with Gasteiger partial charge in [0.1, 0.15) is 5.71 Å². The van der Waals surface area contributed by atoms with Gasteiger partial charge in [-0.1, -0.05) is 36.4 Å². The van der Waals surface area contributed by atoms with Crippen LogP contribution in [0.25, 0.3) is 0 Å². The highest BCUT2D eigenvalue weighted by Crippen LogP contribution is 2.34. The van der Waals surface area contributed by atoms with E-state index in [2.05, 4.69) is 39.6 Å². The van der Waals surface area contributed by atoms with Crippen LogP contribution in [0.1, 0.15) is 52.2 Å². The monoisotopic (exact) mass is 408 g/mol. The molecule has 5 rings (SSSR count). The number of fused-ring (bicyclic) bond motifs is 2. The van der Waals surface area contributed by atoms with E-state index in [1.807, 2.05) is 51.1 Å². The molecule has 31 heavy (non-hydrogen) atoms. The van der Waals surface area contributed by atoms with E-state index in [0.29, 0.717) is 18.7 Å². The third kappa shape index (κ3) is 3.67. The van der Waals surface area contributed by atoms with Gasteiger partial charge >= 0.3 is 0 Å². The topological polar surface area (TPSA) is 66.7 Å². The number of carbonyl (C=O) groups is 1. The average molecular weight is 409 g/mol. The molecule has 0 saturated heterocycles. The highest BCUT2D eigenvalue weighted by molar-refractivity contribution is 6.41. The van der Waals surface area contributed by atoms with E-state index in [-0.39, 0.29) is 11.9 Å². The maximum atomic E-state index is 12.8. The first-order chi connectivity index (χ1) is 15.0. The van der Waals surface area contributed by atoms with Crippen molar-refractivity contribution in [1.29, 1.82) is 0 Å². The molecule has 5 heteroatoms. The lowest BCUT2D eigenvalue weighted by Crippen LogP contribution is -2.33. The van der Waals surface area contributed by atoms with Crippen LogP contribution in [0.5, 0.6) is 0 Å². The lowest BCUT2D eigenvalue weighted by Gasteiger charge is -2.14. The van der Waals surface area contributed by atoms with Gasteiger partial charge in [-0.15, -0.1) is 0 Å². The molecule has 0 saturated carbocycles. The first kappa shape index (κ1) is 19.4. The number of hydrogen-bond acceptors (Lipinski definition) is 4. The average Bonchev–Trinajstić information content (AvgIpc) is 3.35. The Labute approximate surface area is 182 Å². The van der Waals surface area contributed by atoms with E-state index >= 15 is 0 Å². The number of aliphatic imine (C=N–C) groups is 2. The summed E-state index contributed by atoms with van der Waals surface area (Å²) in [4.78, 5) is 26.8. The highest BCUT2D eigenvalue weighted by Gasteiger charge is 2.26. The fourth-order valence-corrected chi connectivity index (χ4v) is 4.35. The van der Waals surface area contributed by atoms with Gasteiger partial charge in [0.05, 0.1) is 24.0 Å². The minimum absolute atomic E-state index is 0.0676. The summed E-state index contributed by atoms with van der Waals surface area (Å²) in [7, 11) is 0. The third-order valence-electron chi connectivity index (χ3n) is 5.84. The Morgan fingerprint density at radius 3 is 2.48 bits per heavy atom. The quantitative estimate of drug-likeness (QED) is 0.688. The summed E-state index contributed by atoms with van der Waals surface area (Å²) >= 11 is 0. The molecule has 0 bridgehead atoms. The van der Waals surface area contributed by atoms with E-state index in [4.69, 9.17) is 4.99 Å². The third-order valence-corrected chi connectivity index (χ3v) is 5.84. The Morgan fingerprint density at radius 1 is 1.00 bits per heavy atom. The number of hydrogen-bond donors (Lipinski definition) is 1. The van der Waals surface area contributed by atoms with Crippen molar-refractivity contribution in [3.63, 3.8) is 0 Å². The molecule has 2 aromatic carbocycles. The van der Waals surface area contributed by atoms with E-state index in [0.717, 1.165) is 45.0 Å². The number of nitrogens with zero attached hydrogens (tertiary/aromatic N) is 3. The SMILES string of the molecule is Cc1cc(C2=NCc3cc4c(cc32)N=C(C(=O)N[C@H](C)c2ccccc2)C4)cc(C)n1. The zero-order valence-electron chi connectivity index (χ0n) is 17.9. The number of benzene rings is 2. The van der Waals surface area contributed by atoms with Crippen LogP contribution in [0, 0.1) is 13.8 Å². The molecule has 2 aliphatic heterocycles. The van der Waals surface area contributed by atoms with Gasteiger partial charge in [0.2, 0.25) is 0 Å². The molecule has 0 radical (unpaired) electrons. The Bertz CT molecular complexity index is 1240. The number of nitrogens with one attached hydrogen (secondary N) is 1. The maximum absolute atomic E-state index is 12.8. The molecule has 0 spiro atoms. The molecule has 1 amide bonds. The highest BCUT2D eigenvalue weighted by atomic mass is 16.2. The Morgan fingerprint density at radius 2 is 1.74 bits per heavy atom. The summed E-state index contributed by atoms with van der Waals surface area (Å²) in [6.45, 7) is 6.65. The van der Waals surface area contributed by atoms with E-state index in [1.165, 1.54) is 5.56 Å². The van der Waals surface area contributed by atoms with Gasteiger partial charge in [-0.05, 0) is 55.7 Å². The van der Waals surface area contributed by atoms with Gasteiger partial charge in [0.15, 0.2) is 0 Å². The molecule has 5 nitrogen and oxygen atoms in total. The number of aryl methyl sites for hydroxylation is 2. The van der Waals surface area contributed by atoms with Crippen molar-refractivity contribution < 1.29 is 4.79 Å². The summed E-state index contributed by atoms with van der Waals surface area (Å²) in [6.07, 6.45) is 0.554. The lowest BCUT2D eigenvalue weighted by molar-refractivity contribution is -0.115. The molecule has 154 valence electrons. The van der Waals surface area contributed by atoms with Gasteiger partial charge in [0.25, 0.3) is 5.91 Å². The van der Waals surface area contributed by atoms with Gasteiger partial charge in [-0.2, -0.15) is 0 Å². The predicted octanol–water partition coefficient (Wildman–Crippen LogP) is 4.56. The standard InChI is InChI=1S/C26H24N4O/c1-15-9-20(10-16(2)28-15)25-22-13-23-19(11-21(22)14-27-25)12-24(30-23)26(31)29-17(3)18-7-5-4-6-8-18/h4-11,13,17H,12,14H2,1-3H3,(H,29,31)/t17-/m1/s1. The van der Waals surface area contributed by atoms with Crippen molar-refractivity contribution in [1.82, 2.24) is 10.3 Å². The van der Waals surface area contributed by atoms with Gasteiger partial charge < -0.3 is 5.32 Å². The molecular weight excluding hydrogens is 384 g/mol. The summed E-state index contributed by atoms with van der Waals surface area (Å²) in [5, 5.41) is 3.08. The molecule has 1 aromatic heterocycles. The molecular formula is C26H24N4O. The summed E-state index contributed by atoms with van der Waals surface area (Å²) in [6, 6.07) is 18.3. The number of rotatable bonds is 4. The number of amides is 1. The van der Waals surface area contributed by atoms with Crippen LogP contribution in [0.3, 0.4) is 0 Å². The lowest BCUT2D eigenvalue weighted by atomic mass is 9.96. The fourth-order valence-electron chi connectivity index (χ4n) is 4.35. The molecule has 0 fully saturated rings. The Hall–Kier alpha value is -3.60. The zero-order chi connectivity index (χ0) is 21.5. The van der Waals surface area contributed by atoms with Crippen LogP contribution in [0.15, 0.2) is 64.6 Å². The van der Waals surface area contributed by atoms with Crippen LogP contribution in [0.2, 0.25) is 0 Å². The fraction of sp³-hybridized carbons (Fsp3) is 0.231. The molecule has 1 N–H and O–H groups in total. The Balaban J connectivity index is 1.39. The minimum atomic E-state index is -0.109. The van der Waals surface area contributed by atoms with Gasteiger partial charge in [0, 0.05) is 28.9 Å². The van der Waals surface area contributed by atoms with E-state index in [1.54, 1.807) is 0 Å². The summed E-state index contributed by atoms with van der Waals surface area (Å²) < 4.78 is 0. The zero-order valence-corrected chi connectivity index (χ0v) is 17.9. The van der Waals surface area contributed by atoms with Crippen molar-refractivity contribution in [2.24, 2.45) is 9.98 Å². The minimum Gasteiger partial charge on any atom is -0.344 e. The van der Waals surface area contributed by atoms with Crippen molar-refractivity contribution in [3.05, 3.63) is 93.8 Å². The summed E-state index contributed by atoms with van der Waals surface area (Å²) in [5.74, 6) is -0.109. The smallest absolute Gasteiger partial charge is 0.266 e. The maximum Gasteiger partial charge on any atom is 0.266 e. The van der Waals surface area contributed by atoms with Crippen LogP contribution >= 0.6 is 0 Å². The van der Waals surface area contributed by atoms with Crippen LogP contribution < -0.4 is 5.32 Å². The second-order valence-electron chi connectivity index (χ2n) is 8.28. The second kappa shape index (κ2) is 7.58. The molecule has 3 aromatic rings. The van der Waals surface area contributed by atoms with Gasteiger partial charge in [-0.3, -0.25) is 14.8 Å². The van der Waals surface area contributed by atoms with Crippen LogP contribution in [-0.2, 0) is 17.8 Å². The number of carbonyl (C=O) groups excluding carboxylic acids is 1. The second-order valence-corrected chi connectivity index (χ2v) is 8.28. The number of aromatic nitrogens is 1. The first-order valence-corrected chi connectivity index (χ1v) is 10.6. The molecule has 0 aliphatic carbocycles. The normalized spacial score (nSPS) is 15.1. The Kier molecular flexibility index (Phi) is 4.74. The van der Waals surface area contributed by atoms with Crippen molar-refractivity contribution in [2.75, 3.05) is 0 Å². The molecule has 1 atom stereocenters. The van der Waals surface area contributed by atoms with E-state index in [9.17, 15) is 4.79 Å². The molecule has 3 heterocycles. The van der Waals surface area contributed by atoms with Crippen molar-refractivity contribution >= 4 is 23.0 Å². The number of pyridine rings is 1. The van der Waals surface area contributed by atoms with Crippen LogP contribution in [-0.4, -0.2) is 22.3 Å². The van der Waals surface area contributed by atoms with Crippen LogP contribution in [0.4, 0.5) is 5.69 Å². The largest absolute Gasteiger partial charge is 0.344 e. The van der Waals surface area contributed by atoms with E-state index < -0.39 is 0 Å². The summed E-state index contributed by atoms with van der Waals surface area (Å²) in [5.41, 5.74) is 9.93. The molecule has 0 unspecified atom stereocenters. The predicted molar refractivity (Wildman–Crippen MR) is 123 cm³/mol. The van der Waals surface area contributed by atoms with Gasteiger partial charge in [-0.25, -0.2) is 4.99 Å². The first-order valence-electron chi connectivity index (χ1n) is 10.6. The molecule has 2 aliphatic rings. The van der Waals surface area contributed by atoms with Crippen molar-refractivity contribution in [2.45, 2.75) is 39.8 Å². The van der Waals surface area contributed by atoms with Crippen molar-refractivity contribution in [3.8, 4) is 0 Å².